The minimum Gasteiger partial charge on any atom is -0.477 e. The van der Waals surface area contributed by atoms with Crippen LogP contribution in [0.15, 0.2) is 36.0 Å². The number of carboxylic acid groups (broad SMARTS) is 1. The molecule has 3 nitrogen and oxygen atoms in total. The molecule has 0 unspecified atom stereocenters. The van der Waals surface area contributed by atoms with Gasteiger partial charge in [-0.3, -0.25) is 0 Å². The Balaban J connectivity index is 2.10. The van der Waals surface area contributed by atoms with Gasteiger partial charge in [0.15, 0.2) is 0 Å². The Bertz CT molecular complexity index is 539. The van der Waals surface area contributed by atoms with Gasteiger partial charge in [0.25, 0.3) is 0 Å². The maximum Gasteiger partial charge on any atom is 0.353 e. The molecule has 0 spiro atoms. The maximum absolute atomic E-state index is 11.3. The molecule has 1 fully saturated rings. The lowest BCUT2D eigenvalue weighted by Crippen LogP contribution is -2.47. The van der Waals surface area contributed by atoms with Gasteiger partial charge in [0, 0.05) is 11.3 Å². The number of thiocarbonyl (C=S) groups is 1. The van der Waals surface area contributed by atoms with Crippen LogP contribution in [0.25, 0.3) is 4.91 Å². The van der Waals surface area contributed by atoms with E-state index in [2.05, 4.69) is 0 Å². The van der Waals surface area contributed by atoms with Crippen molar-refractivity contribution in [1.29, 1.82) is 0 Å². The standard InChI is InChI=1S/C12H9NO2S2/c14-12(15)10-11(7-4-2-1-3-5-7)17-9-6-8(16)13(9)10/h1-5,9H,6H2,(H,14,15)/t9-/m0/s1. The van der Waals surface area contributed by atoms with Crippen molar-refractivity contribution in [2.75, 3.05) is 0 Å². The molecule has 1 aromatic rings. The van der Waals surface area contributed by atoms with E-state index in [9.17, 15) is 9.90 Å². The van der Waals surface area contributed by atoms with Crippen LogP contribution in [0.1, 0.15) is 12.0 Å². The lowest BCUT2D eigenvalue weighted by molar-refractivity contribution is -0.134. The lowest BCUT2D eigenvalue weighted by atomic mass is 10.1. The van der Waals surface area contributed by atoms with Crippen LogP contribution in [-0.2, 0) is 4.79 Å². The van der Waals surface area contributed by atoms with E-state index < -0.39 is 5.97 Å². The predicted molar refractivity (Wildman–Crippen MR) is 71.4 cm³/mol. The van der Waals surface area contributed by atoms with Crippen molar-refractivity contribution in [2.24, 2.45) is 0 Å². The summed E-state index contributed by atoms with van der Waals surface area (Å²) in [5.74, 6) is -0.902. The molecule has 3 rings (SSSR count). The molecule has 5 heteroatoms. The minimum absolute atomic E-state index is 0.184. The number of fused-ring (bicyclic) bond motifs is 1. The van der Waals surface area contributed by atoms with E-state index >= 15 is 0 Å². The van der Waals surface area contributed by atoms with Gasteiger partial charge in [-0.25, -0.2) is 4.79 Å². The third kappa shape index (κ3) is 1.57. The molecule has 0 bridgehead atoms. The molecule has 0 saturated carbocycles. The van der Waals surface area contributed by atoms with Crippen LogP contribution in [0.3, 0.4) is 0 Å². The molecule has 0 aliphatic carbocycles. The largest absolute Gasteiger partial charge is 0.477 e. The molecule has 86 valence electrons. The lowest BCUT2D eigenvalue weighted by Gasteiger charge is -2.37. The van der Waals surface area contributed by atoms with E-state index in [1.807, 2.05) is 30.3 Å². The average molecular weight is 263 g/mol. The summed E-state index contributed by atoms with van der Waals surface area (Å²) in [5.41, 5.74) is 1.29. The predicted octanol–water partition coefficient (Wildman–Crippen LogP) is 2.55. The number of rotatable bonds is 2. The Morgan fingerprint density at radius 3 is 2.71 bits per heavy atom. The van der Waals surface area contributed by atoms with Gasteiger partial charge in [0.2, 0.25) is 0 Å². The number of thioether (sulfide) groups is 1. The quantitative estimate of drug-likeness (QED) is 0.830. The average Bonchev–Trinajstić information content (AvgIpc) is 2.63. The van der Waals surface area contributed by atoms with Gasteiger partial charge in [0.05, 0.1) is 10.4 Å². The Morgan fingerprint density at radius 1 is 1.41 bits per heavy atom. The normalized spacial score (nSPS) is 22.5. The third-order valence-electron chi connectivity index (χ3n) is 2.85. The summed E-state index contributed by atoms with van der Waals surface area (Å²) in [4.78, 5) is 14.7. The number of hydrogen-bond donors (Lipinski definition) is 1. The number of benzene rings is 1. The Hall–Kier alpha value is -1.33. The highest BCUT2D eigenvalue weighted by atomic mass is 32.2. The summed E-state index contributed by atoms with van der Waals surface area (Å²) >= 11 is 6.73. The molecule has 17 heavy (non-hydrogen) atoms. The fraction of sp³-hybridized carbons (Fsp3) is 0.167. The van der Waals surface area contributed by atoms with Gasteiger partial charge in [-0.1, -0.05) is 54.3 Å². The number of aliphatic carboxylic acids is 1. The Kier molecular flexibility index (Phi) is 2.45. The van der Waals surface area contributed by atoms with Gasteiger partial charge >= 0.3 is 5.97 Å². The smallest absolute Gasteiger partial charge is 0.353 e. The zero-order valence-corrected chi connectivity index (χ0v) is 10.4. The van der Waals surface area contributed by atoms with Crippen molar-refractivity contribution in [1.82, 2.24) is 4.90 Å². The fourth-order valence-electron chi connectivity index (χ4n) is 2.05. The van der Waals surface area contributed by atoms with Crippen LogP contribution in [-0.4, -0.2) is 26.3 Å². The van der Waals surface area contributed by atoms with Crippen molar-refractivity contribution in [2.45, 2.75) is 11.8 Å². The highest BCUT2D eigenvalue weighted by Gasteiger charge is 2.46. The molecule has 0 amide bonds. The van der Waals surface area contributed by atoms with Crippen molar-refractivity contribution < 1.29 is 9.90 Å². The molecule has 1 atom stereocenters. The first-order valence-corrected chi connectivity index (χ1v) is 6.49. The van der Waals surface area contributed by atoms with Crippen LogP contribution in [0.5, 0.6) is 0 Å². The first kappa shape index (κ1) is 10.8. The van der Waals surface area contributed by atoms with Crippen LogP contribution >= 0.6 is 24.0 Å². The summed E-state index contributed by atoms with van der Waals surface area (Å²) < 4.78 is 0. The van der Waals surface area contributed by atoms with Gasteiger partial charge in [0.1, 0.15) is 5.70 Å². The van der Waals surface area contributed by atoms with Crippen molar-refractivity contribution in [3.8, 4) is 0 Å². The van der Waals surface area contributed by atoms with E-state index in [4.69, 9.17) is 12.2 Å². The van der Waals surface area contributed by atoms with Crippen LogP contribution in [0, 0.1) is 0 Å². The second-order valence-corrected chi connectivity index (χ2v) is 5.55. The van der Waals surface area contributed by atoms with E-state index in [1.54, 1.807) is 16.7 Å². The Morgan fingerprint density at radius 2 is 2.12 bits per heavy atom. The number of nitrogens with zero attached hydrogens (tertiary/aromatic N) is 1. The topological polar surface area (TPSA) is 40.5 Å². The summed E-state index contributed by atoms with van der Waals surface area (Å²) in [6.07, 6.45) is 0.799. The molecule has 0 aromatic heterocycles. The molecule has 2 heterocycles. The van der Waals surface area contributed by atoms with E-state index in [1.165, 1.54) is 0 Å². The number of carbonyl (C=O) groups is 1. The third-order valence-corrected chi connectivity index (χ3v) is 4.53. The van der Waals surface area contributed by atoms with Crippen molar-refractivity contribution in [3.63, 3.8) is 0 Å². The molecular formula is C12H9NO2S2. The monoisotopic (exact) mass is 263 g/mol. The van der Waals surface area contributed by atoms with Gasteiger partial charge < -0.3 is 10.0 Å². The van der Waals surface area contributed by atoms with Crippen molar-refractivity contribution >= 4 is 39.8 Å². The van der Waals surface area contributed by atoms with Crippen LogP contribution < -0.4 is 0 Å². The molecule has 1 aromatic carbocycles. The van der Waals surface area contributed by atoms with Gasteiger partial charge in [-0.15, -0.1) is 0 Å². The van der Waals surface area contributed by atoms with Gasteiger partial charge in [-0.05, 0) is 5.56 Å². The maximum atomic E-state index is 11.3. The molecule has 0 radical (unpaired) electrons. The van der Waals surface area contributed by atoms with E-state index in [0.717, 1.165) is 21.9 Å². The summed E-state index contributed by atoms with van der Waals surface area (Å²) in [6.45, 7) is 0. The van der Waals surface area contributed by atoms with Crippen molar-refractivity contribution in [3.05, 3.63) is 41.6 Å². The fourth-order valence-corrected chi connectivity index (χ4v) is 4.02. The first-order valence-electron chi connectivity index (χ1n) is 5.20. The molecule has 2 aliphatic heterocycles. The van der Waals surface area contributed by atoms with Crippen LogP contribution in [0.4, 0.5) is 0 Å². The summed E-state index contributed by atoms with van der Waals surface area (Å²) in [7, 11) is 0. The first-order chi connectivity index (χ1) is 8.18. The van der Waals surface area contributed by atoms with E-state index in [-0.39, 0.29) is 5.37 Å². The summed E-state index contributed by atoms with van der Waals surface area (Å²) in [5, 5.41) is 9.50. The summed E-state index contributed by atoms with van der Waals surface area (Å²) in [6, 6.07) is 9.61. The highest BCUT2D eigenvalue weighted by molar-refractivity contribution is 8.09. The second kappa shape index (κ2) is 3.85. The van der Waals surface area contributed by atoms with Crippen LogP contribution in [0.2, 0.25) is 0 Å². The minimum atomic E-state index is -0.902. The number of carboxylic acids is 1. The molecular weight excluding hydrogens is 254 g/mol. The second-order valence-electron chi connectivity index (χ2n) is 3.89. The van der Waals surface area contributed by atoms with E-state index in [0.29, 0.717) is 5.70 Å². The Labute approximate surface area is 108 Å². The highest BCUT2D eigenvalue weighted by Crippen LogP contribution is 2.50. The molecule has 1 saturated heterocycles. The van der Waals surface area contributed by atoms with Gasteiger partial charge in [-0.2, -0.15) is 0 Å². The molecule has 1 N–H and O–H groups in total. The molecule has 2 aliphatic rings. The number of hydrogen-bond acceptors (Lipinski definition) is 3. The SMILES string of the molecule is O=C(O)C1=C(c2ccccc2)S[C@H]2CC(=S)N12. The zero-order valence-electron chi connectivity index (χ0n) is 8.79. The zero-order chi connectivity index (χ0) is 12.0.